The minimum absolute atomic E-state index is 0.833. The van der Waals surface area contributed by atoms with Gasteiger partial charge in [0.1, 0.15) is 0 Å². The van der Waals surface area contributed by atoms with Gasteiger partial charge in [-0.25, -0.2) is 0 Å². The van der Waals surface area contributed by atoms with Crippen LogP contribution in [-0.4, -0.2) is 62.7 Å². The summed E-state index contributed by atoms with van der Waals surface area (Å²) in [7, 11) is 4.28. The molecule has 0 radical (unpaired) electrons. The van der Waals surface area contributed by atoms with Crippen molar-refractivity contribution in [1.29, 1.82) is 0 Å². The molecule has 0 aromatic rings. The van der Waals surface area contributed by atoms with E-state index >= 15 is 0 Å². The average molecular weight is 255 g/mol. The molecule has 0 aromatic carbocycles. The van der Waals surface area contributed by atoms with Crippen LogP contribution in [0.4, 0.5) is 0 Å². The van der Waals surface area contributed by atoms with Gasteiger partial charge in [-0.15, -0.1) is 0 Å². The van der Waals surface area contributed by atoms with Crippen LogP contribution >= 0.6 is 0 Å². The van der Waals surface area contributed by atoms with Crippen molar-refractivity contribution in [2.24, 2.45) is 5.92 Å². The lowest BCUT2D eigenvalue weighted by molar-refractivity contribution is 0.247. The molecule has 0 spiro atoms. The smallest absolute Gasteiger partial charge is 0.0110 e. The van der Waals surface area contributed by atoms with E-state index in [-0.39, 0.29) is 0 Å². The molecule has 1 N–H and O–H groups in total. The van der Waals surface area contributed by atoms with Crippen LogP contribution in [-0.2, 0) is 0 Å². The molecule has 0 amide bonds. The van der Waals surface area contributed by atoms with E-state index in [1.54, 1.807) is 0 Å². The Kier molecular flexibility index (Phi) is 7.87. The van der Waals surface area contributed by atoms with Crippen LogP contribution in [0.2, 0.25) is 0 Å². The third kappa shape index (κ3) is 8.06. The van der Waals surface area contributed by atoms with Gasteiger partial charge in [0, 0.05) is 19.1 Å². The Morgan fingerprint density at radius 3 is 2.33 bits per heavy atom. The van der Waals surface area contributed by atoms with Crippen LogP contribution in [0.25, 0.3) is 0 Å². The Labute approximate surface area is 114 Å². The van der Waals surface area contributed by atoms with Crippen LogP contribution in [0, 0.1) is 5.92 Å². The van der Waals surface area contributed by atoms with Gasteiger partial charge in [-0.05, 0) is 65.3 Å². The van der Waals surface area contributed by atoms with Crippen molar-refractivity contribution in [2.45, 2.75) is 45.6 Å². The Bertz CT molecular complexity index is 200. The summed E-state index contributed by atoms with van der Waals surface area (Å²) in [4.78, 5) is 4.94. The van der Waals surface area contributed by atoms with Crippen LogP contribution < -0.4 is 5.32 Å². The highest BCUT2D eigenvalue weighted by Gasteiger charge is 2.28. The van der Waals surface area contributed by atoms with Gasteiger partial charge in [0.2, 0.25) is 0 Å². The lowest BCUT2D eigenvalue weighted by Crippen LogP contribution is -2.35. The second-order valence-corrected chi connectivity index (χ2v) is 6.36. The molecule has 0 unspecified atom stereocenters. The standard InChI is InChI=1S/C15H33N3/c1-14(2)8-12-18(15-6-7-15)13-10-16-9-5-11-17(3)4/h14-16H,5-13H2,1-4H3. The van der Waals surface area contributed by atoms with Crippen molar-refractivity contribution in [1.82, 2.24) is 15.1 Å². The maximum absolute atomic E-state index is 3.57. The summed E-state index contributed by atoms with van der Waals surface area (Å²) in [5, 5.41) is 3.57. The summed E-state index contributed by atoms with van der Waals surface area (Å²) in [6, 6.07) is 0.910. The third-order valence-corrected chi connectivity index (χ3v) is 3.59. The normalized spacial score (nSPS) is 16.2. The van der Waals surface area contributed by atoms with E-state index in [9.17, 15) is 0 Å². The van der Waals surface area contributed by atoms with Crippen molar-refractivity contribution in [3.8, 4) is 0 Å². The first kappa shape index (κ1) is 15.9. The maximum atomic E-state index is 3.57. The van der Waals surface area contributed by atoms with Gasteiger partial charge in [0.25, 0.3) is 0 Å². The Morgan fingerprint density at radius 1 is 1.06 bits per heavy atom. The lowest BCUT2D eigenvalue weighted by atomic mass is 10.1. The Morgan fingerprint density at radius 2 is 1.78 bits per heavy atom. The first-order valence-electron chi connectivity index (χ1n) is 7.69. The van der Waals surface area contributed by atoms with Gasteiger partial charge in [-0.3, -0.25) is 4.90 Å². The zero-order chi connectivity index (χ0) is 13.4. The molecule has 18 heavy (non-hydrogen) atoms. The Balaban J connectivity index is 2.00. The Hall–Kier alpha value is -0.120. The summed E-state index contributed by atoms with van der Waals surface area (Å²) in [6.45, 7) is 10.7. The van der Waals surface area contributed by atoms with Crippen LogP contribution in [0.15, 0.2) is 0 Å². The molecule has 1 saturated carbocycles. The van der Waals surface area contributed by atoms with Crippen molar-refractivity contribution in [3.63, 3.8) is 0 Å². The van der Waals surface area contributed by atoms with Gasteiger partial charge < -0.3 is 10.2 Å². The van der Waals surface area contributed by atoms with Crippen LogP contribution in [0.3, 0.4) is 0 Å². The molecule has 3 heteroatoms. The second kappa shape index (κ2) is 8.89. The highest BCUT2D eigenvalue weighted by atomic mass is 15.2. The zero-order valence-corrected chi connectivity index (χ0v) is 12.9. The second-order valence-electron chi connectivity index (χ2n) is 6.36. The van der Waals surface area contributed by atoms with Crippen molar-refractivity contribution < 1.29 is 0 Å². The van der Waals surface area contributed by atoms with Crippen molar-refractivity contribution >= 4 is 0 Å². The SMILES string of the molecule is CC(C)CCN(CCNCCCN(C)C)C1CC1. The van der Waals surface area contributed by atoms with Crippen LogP contribution in [0.1, 0.15) is 39.5 Å². The molecule has 1 aliphatic carbocycles. The van der Waals surface area contributed by atoms with Gasteiger partial charge in [0.05, 0.1) is 0 Å². The summed E-state index contributed by atoms with van der Waals surface area (Å²) in [5.41, 5.74) is 0. The molecule has 3 nitrogen and oxygen atoms in total. The molecule has 0 atom stereocenters. The first-order valence-corrected chi connectivity index (χ1v) is 7.69. The molecule has 1 rings (SSSR count). The number of nitrogens with one attached hydrogen (secondary N) is 1. The predicted octanol–water partition coefficient (Wildman–Crippen LogP) is 2.04. The number of rotatable bonds is 11. The largest absolute Gasteiger partial charge is 0.315 e. The van der Waals surface area contributed by atoms with E-state index in [0.717, 1.165) is 25.0 Å². The monoisotopic (exact) mass is 255 g/mol. The van der Waals surface area contributed by atoms with Gasteiger partial charge in [-0.2, -0.15) is 0 Å². The minimum atomic E-state index is 0.833. The molecule has 0 bridgehead atoms. The van der Waals surface area contributed by atoms with E-state index < -0.39 is 0 Å². The molecule has 1 aliphatic rings. The molecule has 0 aliphatic heterocycles. The molecule has 0 heterocycles. The van der Waals surface area contributed by atoms with E-state index in [2.05, 4.69) is 43.1 Å². The zero-order valence-electron chi connectivity index (χ0n) is 12.9. The fourth-order valence-electron chi connectivity index (χ4n) is 2.21. The van der Waals surface area contributed by atoms with Gasteiger partial charge in [0.15, 0.2) is 0 Å². The summed E-state index contributed by atoms with van der Waals surface area (Å²) < 4.78 is 0. The highest BCUT2D eigenvalue weighted by Crippen LogP contribution is 2.26. The number of hydrogen-bond acceptors (Lipinski definition) is 3. The summed E-state index contributed by atoms with van der Waals surface area (Å²) in [6.07, 6.45) is 5.46. The highest BCUT2D eigenvalue weighted by molar-refractivity contribution is 4.84. The molecular formula is C15H33N3. The minimum Gasteiger partial charge on any atom is -0.315 e. The maximum Gasteiger partial charge on any atom is 0.0110 e. The first-order chi connectivity index (χ1) is 8.59. The van der Waals surface area contributed by atoms with Crippen molar-refractivity contribution in [3.05, 3.63) is 0 Å². The molecular weight excluding hydrogens is 222 g/mol. The molecule has 1 fully saturated rings. The van der Waals surface area contributed by atoms with E-state index in [1.165, 1.54) is 45.3 Å². The molecule has 0 aromatic heterocycles. The number of hydrogen-bond donors (Lipinski definition) is 1. The fourth-order valence-corrected chi connectivity index (χ4v) is 2.21. The topological polar surface area (TPSA) is 18.5 Å². The van der Waals surface area contributed by atoms with E-state index in [4.69, 9.17) is 0 Å². The molecule has 108 valence electrons. The fraction of sp³-hybridized carbons (Fsp3) is 1.00. The van der Waals surface area contributed by atoms with Gasteiger partial charge in [-0.1, -0.05) is 13.8 Å². The summed E-state index contributed by atoms with van der Waals surface area (Å²) in [5.74, 6) is 0.833. The van der Waals surface area contributed by atoms with Crippen LogP contribution in [0.5, 0.6) is 0 Å². The predicted molar refractivity (Wildman–Crippen MR) is 80.1 cm³/mol. The van der Waals surface area contributed by atoms with Crippen molar-refractivity contribution in [2.75, 3.05) is 46.8 Å². The quantitative estimate of drug-likeness (QED) is 0.570. The third-order valence-electron chi connectivity index (χ3n) is 3.59. The van der Waals surface area contributed by atoms with E-state index in [1.807, 2.05) is 0 Å². The average Bonchev–Trinajstić information content (AvgIpc) is 3.10. The summed E-state index contributed by atoms with van der Waals surface area (Å²) >= 11 is 0. The lowest BCUT2D eigenvalue weighted by Gasteiger charge is -2.23. The number of nitrogens with zero attached hydrogens (tertiary/aromatic N) is 2. The molecule has 0 saturated heterocycles. The van der Waals surface area contributed by atoms with Gasteiger partial charge >= 0.3 is 0 Å². The van der Waals surface area contributed by atoms with E-state index in [0.29, 0.717) is 0 Å².